The molecule has 0 aliphatic carbocycles. The number of hydrogen-bond acceptors (Lipinski definition) is 5. The Morgan fingerprint density at radius 3 is 2.44 bits per heavy atom. The van der Waals surface area contributed by atoms with Crippen LogP contribution in [-0.4, -0.2) is 28.2 Å². The highest BCUT2D eigenvalue weighted by atomic mass is 32.2. The number of aromatic nitrogens is 1. The number of alkyl halides is 3. The topological polar surface area (TPSA) is 79.3 Å². The normalized spacial score (nSPS) is 12.6. The number of carboxylic acids is 1. The fraction of sp³-hybridized carbons (Fsp3) is 0.267. The van der Waals surface area contributed by atoms with Gasteiger partial charge in [-0.2, -0.15) is 13.2 Å². The van der Waals surface area contributed by atoms with Crippen LogP contribution in [0.15, 0.2) is 34.5 Å². The van der Waals surface area contributed by atoms with Crippen LogP contribution < -0.4 is 5.32 Å². The van der Waals surface area contributed by atoms with Crippen molar-refractivity contribution in [3.8, 4) is 0 Å². The summed E-state index contributed by atoms with van der Waals surface area (Å²) >= 11 is 1.81. The fourth-order valence-electron chi connectivity index (χ4n) is 2.00. The van der Waals surface area contributed by atoms with Crippen LogP contribution in [0.25, 0.3) is 0 Å². The minimum Gasteiger partial charge on any atom is -0.481 e. The van der Waals surface area contributed by atoms with Gasteiger partial charge in [-0.3, -0.25) is 9.59 Å². The number of aliphatic carboxylic acids is 1. The molecule has 134 valence electrons. The van der Waals surface area contributed by atoms with Gasteiger partial charge in [0, 0.05) is 10.3 Å². The third-order valence-electron chi connectivity index (χ3n) is 3.18. The van der Waals surface area contributed by atoms with Crippen molar-refractivity contribution >= 4 is 35.0 Å². The number of hydrogen-bond donors (Lipinski definition) is 2. The Hall–Kier alpha value is -2.07. The highest BCUT2D eigenvalue weighted by Gasteiger charge is 2.35. The van der Waals surface area contributed by atoms with Crippen molar-refractivity contribution < 1.29 is 27.9 Å². The van der Waals surface area contributed by atoms with Gasteiger partial charge in [0.15, 0.2) is 5.01 Å². The lowest BCUT2D eigenvalue weighted by atomic mass is 10.0. The number of carbonyl (C=O) groups excluding carboxylic acids is 1. The standard InChI is InChI=1S/C15H13F3N2O3S2/c1-24-9-4-2-8(3-5-9)10(6-12(21)22)19-13(23)11-7-25-14(20-11)15(16,17)18/h2-5,7,10H,6H2,1H3,(H,19,23)(H,21,22). The summed E-state index contributed by atoms with van der Waals surface area (Å²) in [6, 6.07) is 6.00. The summed E-state index contributed by atoms with van der Waals surface area (Å²) in [5, 5.41) is 11.3. The zero-order valence-corrected chi connectivity index (χ0v) is 14.5. The number of carboxylic acid groups (broad SMARTS) is 1. The largest absolute Gasteiger partial charge is 0.481 e. The minimum absolute atomic E-state index is 0.311. The van der Waals surface area contributed by atoms with Gasteiger partial charge in [-0.25, -0.2) is 4.98 Å². The van der Waals surface area contributed by atoms with Gasteiger partial charge in [0.1, 0.15) is 5.69 Å². The molecule has 0 fully saturated rings. The zero-order valence-electron chi connectivity index (χ0n) is 12.8. The first kappa shape index (κ1) is 19.3. The molecule has 2 aromatic rings. The van der Waals surface area contributed by atoms with E-state index in [4.69, 9.17) is 5.11 Å². The van der Waals surface area contributed by atoms with Crippen molar-refractivity contribution in [2.75, 3.05) is 6.26 Å². The first-order valence-electron chi connectivity index (χ1n) is 6.90. The van der Waals surface area contributed by atoms with Crippen LogP contribution in [0.3, 0.4) is 0 Å². The predicted molar refractivity (Wildman–Crippen MR) is 87.8 cm³/mol. The lowest BCUT2D eigenvalue weighted by Gasteiger charge is -2.17. The molecule has 0 bridgehead atoms. The van der Waals surface area contributed by atoms with Crippen LogP contribution in [0.1, 0.15) is 33.5 Å². The Bertz CT molecular complexity index is 760. The Balaban J connectivity index is 2.19. The van der Waals surface area contributed by atoms with Crippen molar-refractivity contribution in [1.82, 2.24) is 10.3 Å². The first-order chi connectivity index (χ1) is 11.7. The van der Waals surface area contributed by atoms with E-state index in [1.54, 1.807) is 24.3 Å². The number of nitrogens with zero attached hydrogens (tertiary/aromatic N) is 1. The van der Waals surface area contributed by atoms with Gasteiger partial charge in [0.25, 0.3) is 5.91 Å². The molecule has 1 unspecified atom stereocenters. The van der Waals surface area contributed by atoms with E-state index >= 15 is 0 Å². The van der Waals surface area contributed by atoms with Crippen LogP contribution in [-0.2, 0) is 11.0 Å². The smallest absolute Gasteiger partial charge is 0.443 e. The van der Waals surface area contributed by atoms with Crippen molar-refractivity contribution in [2.24, 2.45) is 0 Å². The molecule has 0 saturated heterocycles. The van der Waals surface area contributed by atoms with Crippen molar-refractivity contribution in [3.63, 3.8) is 0 Å². The van der Waals surface area contributed by atoms with Crippen LogP contribution in [0, 0.1) is 0 Å². The van der Waals surface area contributed by atoms with E-state index in [-0.39, 0.29) is 0 Å². The van der Waals surface area contributed by atoms with Crippen LogP contribution in [0.4, 0.5) is 13.2 Å². The second-order valence-electron chi connectivity index (χ2n) is 4.93. The second-order valence-corrected chi connectivity index (χ2v) is 6.67. The third kappa shape index (κ3) is 5.20. The number of thioether (sulfide) groups is 1. The molecule has 0 aliphatic rings. The number of thiazole rings is 1. The molecule has 0 aliphatic heterocycles. The molecular formula is C15H13F3N2O3S2. The Labute approximate surface area is 149 Å². The summed E-state index contributed by atoms with van der Waals surface area (Å²) in [6.45, 7) is 0. The number of rotatable bonds is 6. The second kappa shape index (κ2) is 7.87. The van der Waals surface area contributed by atoms with E-state index in [0.717, 1.165) is 10.3 Å². The van der Waals surface area contributed by atoms with Gasteiger partial charge in [-0.1, -0.05) is 12.1 Å². The molecule has 2 N–H and O–H groups in total. The highest BCUT2D eigenvalue weighted by molar-refractivity contribution is 7.98. The van der Waals surface area contributed by atoms with Crippen molar-refractivity contribution in [1.29, 1.82) is 0 Å². The van der Waals surface area contributed by atoms with Crippen LogP contribution in [0.2, 0.25) is 0 Å². The highest BCUT2D eigenvalue weighted by Crippen LogP contribution is 2.31. The molecule has 1 aromatic heterocycles. The molecule has 1 heterocycles. The minimum atomic E-state index is -4.63. The third-order valence-corrected chi connectivity index (χ3v) is 4.81. The van der Waals surface area contributed by atoms with Crippen molar-refractivity contribution in [3.05, 3.63) is 45.9 Å². The molecule has 2 rings (SSSR count). The van der Waals surface area contributed by atoms with E-state index < -0.39 is 41.2 Å². The SMILES string of the molecule is CSc1ccc(C(CC(=O)O)NC(=O)c2csc(C(F)(F)F)n2)cc1. The average Bonchev–Trinajstić information content (AvgIpc) is 3.04. The summed E-state index contributed by atoms with van der Waals surface area (Å²) in [6.07, 6.45) is -3.15. The molecule has 0 spiro atoms. The quantitative estimate of drug-likeness (QED) is 0.733. The predicted octanol–water partition coefficient (Wildman–Crippen LogP) is 3.83. The fourth-order valence-corrected chi connectivity index (χ4v) is 3.08. The summed E-state index contributed by atoms with van der Waals surface area (Å²) in [5.41, 5.74) is 0.147. The molecule has 0 radical (unpaired) electrons. The molecule has 10 heteroatoms. The number of benzene rings is 1. The van der Waals surface area contributed by atoms with E-state index in [9.17, 15) is 22.8 Å². The Kier molecular flexibility index (Phi) is 6.07. The maximum Gasteiger partial charge on any atom is 0.443 e. The van der Waals surface area contributed by atoms with E-state index in [2.05, 4.69) is 10.3 Å². The number of nitrogens with one attached hydrogen (secondary N) is 1. The lowest BCUT2D eigenvalue weighted by molar-refractivity contribution is -0.138. The molecule has 5 nitrogen and oxygen atoms in total. The number of amides is 1. The Morgan fingerprint density at radius 1 is 1.32 bits per heavy atom. The summed E-state index contributed by atoms with van der Waals surface area (Å²) < 4.78 is 37.7. The molecular weight excluding hydrogens is 377 g/mol. The van der Waals surface area contributed by atoms with Crippen molar-refractivity contribution in [2.45, 2.75) is 23.5 Å². The molecule has 1 atom stereocenters. The van der Waals surface area contributed by atoms with Gasteiger partial charge in [-0.05, 0) is 24.0 Å². The van der Waals surface area contributed by atoms with E-state index in [0.29, 0.717) is 16.9 Å². The van der Waals surface area contributed by atoms with Gasteiger partial charge in [0.2, 0.25) is 0 Å². The summed E-state index contributed by atoms with van der Waals surface area (Å²) in [5.74, 6) is -2.00. The monoisotopic (exact) mass is 390 g/mol. The van der Waals surface area contributed by atoms with Gasteiger partial charge >= 0.3 is 12.1 Å². The van der Waals surface area contributed by atoms with Gasteiger partial charge in [0.05, 0.1) is 12.5 Å². The molecule has 1 amide bonds. The summed E-state index contributed by atoms with van der Waals surface area (Å²) in [7, 11) is 0. The van der Waals surface area contributed by atoms with E-state index in [1.165, 1.54) is 11.8 Å². The molecule has 0 saturated carbocycles. The maximum absolute atomic E-state index is 12.6. The molecule has 25 heavy (non-hydrogen) atoms. The maximum atomic E-state index is 12.6. The van der Waals surface area contributed by atoms with Crippen LogP contribution >= 0.6 is 23.1 Å². The number of carbonyl (C=O) groups is 2. The Morgan fingerprint density at radius 2 is 1.96 bits per heavy atom. The lowest BCUT2D eigenvalue weighted by Crippen LogP contribution is -2.30. The zero-order chi connectivity index (χ0) is 18.6. The van der Waals surface area contributed by atoms with E-state index in [1.807, 2.05) is 6.26 Å². The number of halogens is 3. The molecule has 1 aromatic carbocycles. The first-order valence-corrected chi connectivity index (χ1v) is 9.00. The van der Waals surface area contributed by atoms with Gasteiger partial charge in [-0.15, -0.1) is 23.1 Å². The average molecular weight is 390 g/mol. The van der Waals surface area contributed by atoms with Crippen LogP contribution in [0.5, 0.6) is 0 Å². The summed E-state index contributed by atoms with van der Waals surface area (Å²) in [4.78, 5) is 27.4. The van der Waals surface area contributed by atoms with Gasteiger partial charge < -0.3 is 10.4 Å².